The maximum absolute atomic E-state index is 12.0. The number of carboxylic acids is 1. The van der Waals surface area contributed by atoms with Gasteiger partial charge in [0.25, 0.3) is 0 Å². The van der Waals surface area contributed by atoms with E-state index in [4.69, 9.17) is 9.47 Å². The van der Waals surface area contributed by atoms with Crippen molar-refractivity contribution in [2.45, 2.75) is 45.8 Å². The predicted molar refractivity (Wildman–Crippen MR) is 69.1 cm³/mol. The number of carbonyl (C=O) groups excluding carboxylic acids is 2. The number of amides is 1. The molecule has 0 saturated carbocycles. The molecule has 1 aliphatic rings. The van der Waals surface area contributed by atoms with Gasteiger partial charge in [0.15, 0.2) is 0 Å². The largest absolute Gasteiger partial charge is 0.480 e. The van der Waals surface area contributed by atoms with Gasteiger partial charge in [-0.3, -0.25) is 9.69 Å². The van der Waals surface area contributed by atoms with Crippen LogP contribution in [0, 0.1) is 5.92 Å². The quantitative estimate of drug-likeness (QED) is 0.785. The Morgan fingerprint density at radius 2 is 1.90 bits per heavy atom. The number of carbonyl (C=O) groups is 3. The summed E-state index contributed by atoms with van der Waals surface area (Å²) in [7, 11) is 0. The molecule has 1 heterocycles. The van der Waals surface area contributed by atoms with Crippen LogP contribution in [0.25, 0.3) is 0 Å². The molecule has 1 aliphatic heterocycles. The highest BCUT2D eigenvalue weighted by Crippen LogP contribution is 2.27. The van der Waals surface area contributed by atoms with Crippen molar-refractivity contribution in [2.75, 3.05) is 13.2 Å². The molecule has 0 aromatic carbocycles. The van der Waals surface area contributed by atoms with Gasteiger partial charge in [-0.1, -0.05) is 0 Å². The molecule has 7 heteroatoms. The Morgan fingerprint density at radius 1 is 1.30 bits per heavy atom. The van der Waals surface area contributed by atoms with Crippen LogP contribution in [0.5, 0.6) is 0 Å². The van der Waals surface area contributed by atoms with Crippen molar-refractivity contribution in [2.24, 2.45) is 5.92 Å². The van der Waals surface area contributed by atoms with Crippen molar-refractivity contribution >= 4 is 18.0 Å². The second-order valence-electron chi connectivity index (χ2n) is 5.60. The minimum absolute atomic E-state index is 0.162. The van der Waals surface area contributed by atoms with Gasteiger partial charge in [0, 0.05) is 6.54 Å². The molecule has 0 radical (unpaired) electrons. The van der Waals surface area contributed by atoms with Gasteiger partial charge in [-0.05, 0) is 34.1 Å². The molecule has 114 valence electrons. The highest BCUT2D eigenvalue weighted by molar-refractivity contribution is 5.88. The zero-order chi connectivity index (χ0) is 15.5. The number of aliphatic carboxylic acids is 1. The van der Waals surface area contributed by atoms with Gasteiger partial charge in [-0.25, -0.2) is 9.59 Å². The molecule has 0 aromatic heterocycles. The first-order valence-corrected chi connectivity index (χ1v) is 6.56. The summed E-state index contributed by atoms with van der Waals surface area (Å²) in [6, 6.07) is -1.23. The lowest BCUT2D eigenvalue weighted by molar-refractivity contribution is -0.155. The molecule has 0 unspecified atom stereocenters. The third-order valence-corrected chi connectivity index (χ3v) is 2.87. The molecule has 0 spiro atoms. The van der Waals surface area contributed by atoms with Gasteiger partial charge in [0.05, 0.1) is 12.5 Å². The van der Waals surface area contributed by atoms with Gasteiger partial charge < -0.3 is 14.6 Å². The van der Waals surface area contributed by atoms with Crippen LogP contribution in [0.4, 0.5) is 4.79 Å². The van der Waals surface area contributed by atoms with E-state index in [1.54, 1.807) is 27.7 Å². The van der Waals surface area contributed by atoms with Crippen LogP contribution in [0.1, 0.15) is 34.1 Å². The molecule has 0 aliphatic carbocycles. The molecule has 0 aromatic rings. The predicted octanol–water partition coefficient (Wildman–Crippen LogP) is 1.26. The molecule has 0 bridgehead atoms. The average Bonchev–Trinajstić information content (AvgIpc) is 2.71. The lowest BCUT2D eigenvalue weighted by Crippen LogP contribution is -2.47. The highest BCUT2D eigenvalue weighted by atomic mass is 16.6. The van der Waals surface area contributed by atoms with Crippen molar-refractivity contribution in [1.29, 1.82) is 0 Å². The van der Waals surface area contributed by atoms with E-state index in [1.165, 1.54) is 0 Å². The minimum atomic E-state index is -1.23. The van der Waals surface area contributed by atoms with E-state index in [1.807, 2.05) is 0 Å². The van der Waals surface area contributed by atoms with Crippen molar-refractivity contribution in [3.63, 3.8) is 0 Å². The van der Waals surface area contributed by atoms with E-state index in [2.05, 4.69) is 0 Å². The van der Waals surface area contributed by atoms with E-state index in [0.717, 1.165) is 4.90 Å². The molecule has 1 saturated heterocycles. The van der Waals surface area contributed by atoms with E-state index in [0.29, 0.717) is 0 Å². The van der Waals surface area contributed by atoms with Crippen molar-refractivity contribution in [3.05, 3.63) is 0 Å². The van der Waals surface area contributed by atoms with Gasteiger partial charge in [0.2, 0.25) is 0 Å². The summed E-state index contributed by atoms with van der Waals surface area (Å²) in [4.78, 5) is 36.2. The lowest BCUT2D eigenvalue weighted by Gasteiger charge is -2.27. The Balaban J connectivity index is 2.86. The number of ether oxygens (including phenoxy) is 2. The first-order valence-electron chi connectivity index (χ1n) is 6.56. The van der Waals surface area contributed by atoms with Crippen LogP contribution in [0.2, 0.25) is 0 Å². The fourth-order valence-corrected chi connectivity index (χ4v) is 2.12. The van der Waals surface area contributed by atoms with Crippen LogP contribution >= 0.6 is 0 Å². The maximum Gasteiger partial charge on any atom is 0.411 e. The molecule has 1 fully saturated rings. The number of nitrogens with zero attached hydrogens (tertiary/aromatic N) is 1. The van der Waals surface area contributed by atoms with E-state index in [9.17, 15) is 19.5 Å². The Morgan fingerprint density at radius 3 is 2.35 bits per heavy atom. The summed E-state index contributed by atoms with van der Waals surface area (Å²) in [5.74, 6) is -2.67. The van der Waals surface area contributed by atoms with Crippen molar-refractivity contribution < 1.29 is 29.0 Å². The van der Waals surface area contributed by atoms with Crippen LogP contribution in [-0.2, 0) is 19.1 Å². The van der Waals surface area contributed by atoms with Gasteiger partial charge >= 0.3 is 18.0 Å². The average molecular weight is 287 g/mol. The summed E-state index contributed by atoms with van der Waals surface area (Å²) in [6.07, 6.45) is -0.466. The van der Waals surface area contributed by atoms with Crippen LogP contribution in [0.15, 0.2) is 0 Å². The zero-order valence-corrected chi connectivity index (χ0v) is 12.2. The molecule has 7 nitrogen and oxygen atoms in total. The second-order valence-corrected chi connectivity index (χ2v) is 5.60. The molecular formula is C13H21NO6. The van der Waals surface area contributed by atoms with E-state index < -0.39 is 35.6 Å². The number of esters is 1. The monoisotopic (exact) mass is 287 g/mol. The van der Waals surface area contributed by atoms with Gasteiger partial charge in [-0.15, -0.1) is 0 Å². The first kappa shape index (κ1) is 16.3. The van der Waals surface area contributed by atoms with Crippen LogP contribution in [-0.4, -0.2) is 52.8 Å². The molecular weight excluding hydrogens is 266 g/mol. The molecule has 2 atom stereocenters. The Kier molecular flexibility index (Phi) is 4.97. The third-order valence-electron chi connectivity index (χ3n) is 2.87. The summed E-state index contributed by atoms with van der Waals surface area (Å²) >= 11 is 0. The highest BCUT2D eigenvalue weighted by Gasteiger charge is 2.47. The lowest BCUT2D eigenvalue weighted by atomic mass is 10.0. The number of carboxylic acid groups (broad SMARTS) is 1. The Bertz CT molecular complexity index is 400. The summed E-state index contributed by atoms with van der Waals surface area (Å²) < 4.78 is 10.0. The van der Waals surface area contributed by atoms with Gasteiger partial charge in [-0.2, -0.15) is 0 Å². The number of rotatable bonds is 3. The second kappa shape index (κ2) is 6.11. The molecule has 1 N–H and O–H groups in total. The molecule has 1 amide bonds. The molecule has 1 rings (SSSR count). The van der Waals surface area contributed by atoms with Crippen molar-refractivity contribution in [3.8, 4) is 0 Å². The van der Waals surface area contributed by atoms with Crippen LogP contribution < -0.4 is 0 Å². The van der Waals surface area contributed by atoms with Gasteiger partial charge in [0.1, 0.15) is 11.6 Å². The number of hydrogen-bond donors (Lipinski definition) is 1. The molecule has 20 heavy (non-hydrogen) atoms. The first-order chi connectivity index (χ1) is 9.17. The smallest absolute Gasteiger partial charge is 0.411 e. The number of likely N-dealkylation sites (tertiary alicyclic amines) is 1. The third kappa shape index (κ3) is 3.85. The van der Waals surface area contributed by atoms with Crippen molar-refractivity contribution in [1.82, 2.24) is 4.90 Å². The summed E-state index contributed by atoms with van der Waals surface area (Å²) in [6.45, 7) is 7.07. The van der Waals surface area contributed by atoms with E-state index in [-0.39, 0.29) is 19.6 Å². The fraction of sp³-hybridized carbons (Fsp3) is 0.769. The maximum atomic E-state index is 12.0. The SMILES string of the molecule is CCOC(=O)[C@@H]1CCN(C(=O)OC(C)(C)C)[C@H]1C(=O)O. The van der Waals surface area contributed by atoms with E-state index >= 15 is 0 Å². The Hall–Kier alpha value is -1.79. The topological polar surface area (TPSA) is 93.1 Å². The standard InChI is InChI=1S/C13H21NO6/c1-5-19-11(17)8-6-7-14(9(8)10(15)16)12(18)20-13(2,3)4/h8-9H,5-7H2,1-4H3,(H,15,16)/t8-,9-/m1/s1. The number of hydrogen-bond acceptors (Lipinski definition) is 5. The normalized spacial score (nSPS) is 22.5. The Labute approximate surface area is 117 Å². The minimum Gasteiger partial charge on any atom is -0.480 e. The summed E-state index contributed by atoms with van der Waals surface area (Å²) in [5.41, 5.74) is -0.720. The zero-order valence-electron chi connectivity index (χ0n) is 12.2. The van der Waals surface area contributed by atoms with Crippen LogP contribution in [0.3, 0.4) is 0 Å². The fourth-order valence-electron chi connectivity index (χ4n) is 2.12. The summed E-state index contributed by atoms with van der Waals surface area (Å²) in [5, 5.41) is 9.26.